The van der Waals surface area contributed by atoms with Crippen molar-refractivity contribution in [1.82, 2.24) is 9.97 Å². The van der Waals surface area contributed by atoms with E-state index in [1.165, 1.54) is 0 Å². The predicted molar refractivity (Wildman–Crippen MR) is 73.7 cm³/mol. The first kappa shape index (κ1) is 14.1. The SMILES string of the molecule is CCNc1nccc(NCC(C)(O)CSC)n1. The molecule has 1 aromatic heterocycles. The number of aromatic nitrogens is 2. The lowest BCUT2D eigenvalue weighted by atomic mass is 10.1. The number of anilines is 2. The highest BCUT2D eigenvalue weighted by Crippen LogP contribution is 2.12. The van der Waals surface area contributed by atoms with Gasteiger partial charge in [0.2, 0.25) is 5.95 Å². The molecular formula is C11H20N4OS. The maximum Gasteiger partial charge on any atom is 0.224 e. The van der Waals surface area contributed by atoms with Crippen molar-refractivity contribution in [2.24, 2.45) is 0 Å². The van der Waals surface area contributed by atoms with Gasteiger partial charge in [-0.15, -0.1) is 0 Å². The molecule has 0 bridgehead atoms. The fraction of sp³-hybridized carbons (Fsp3) is 0.636. The molecule has 0 fully saturated rings. The molecule has 6 heteroatoms. The molecule has 1 unspecified atom stereocenters. The zero-order chi connectivity index (χ0) is 12.7. The molecule has 0 saturated heterocycles. The predicted octanol–water partition coefficient (Wildman–Crippen LogP) is 1.43. The van der Waals surface area contributed by atoms with Crippen LogP contribution >= 0.6 is 11.8 Å². The molecule has 1 rings (SSSR count). The van der Waals surface area contributed by atoms with Gasteiger partial charge in [0.25, 0.3) is 0 Å². The molecule has 1 aromatic rings. The van der Waals surface area contributed by atoms with Crippen LogP contribution in [0.1, 0.15) is 13.8 Å². The molecule has 0 aliphatic carbocycles. The van der Waals surface area contributed by atoms with E-state index >= 15 is 0 Å². The number of aliphatic hydroxyl groups is 1. The zero-order valence-electron chi connectivity index (χ0n) is 10.5. The van der Waals surface area contributed by atoms with Crippen LogP contribution in [0.4, 0.5) is 11.8 Å². The Hall–Kier alpha value is -1.01. The molecule has 0 aliphatic heterocycles. The summed E-state index contributed by atoms with van der Waals surface area (Å²) >= 11 is 1.62. The van der Waals surface area contributed by atoms with E-state index in [0.717, 1.165) is 12.4 Å². The minimum atomic E-state index is -0.733. The molecule has 17 heavy (non-hydrogen) atoms. The van der Waals surface area contributed by atoms with E-state index in [1.807, 2.05) is 20.1 Å². The van der Waals surface area contributed by atoms with Crippen molar-refractivity contribution in [2.45, 2.75) is 19.4 Å². The smallest absolute Gasteiger partial charge is 0.224 e. The van der Waals surface area contributed by atoms with Gasteiger partial charge in [0.05, 0.1) is 5.60 Å². The van der Waals surface area contributed by atoms with Crippen LogP contribution < -0.4 is 10.6 Å². The topological polar surface area (TPSA) is 70.1 Å². The molecule has 0 aromatic carbocycles. The Kier molecular flexibility index (Phi) is 5.50. The fourth-order valence-corrected chi connectivity index (χ4v) is 2.07. The van der Waals surface area contributed by atoms with Crippen LogP contribution in [-0.4, -0.2) is 45.8 Å². The number of rotatable bonds is 7. The second-order valence-electron chi connectivity index (χ2n) is 4.08. The van der Waals surface area contributed by atoms with E-state index in [0.29, 0.717) is 18.2 Å². The van der Waals surface area contributed by atoms with Crippen molar-refractivity contribution >= 4 is 23.5 Å². The summed E-state index contributed by atoms with van der Waals surface area (Å²) in [6.07, 6.45) is 3.67. The number of hydrogen-bond donors (Lipinski definition) is 3. The molecule has 96 valence electrons. The summed E-state index contributed by atoms with van der Waals surface area (Å²) in [4.78, 5) is 8.36. The van der Waals surface area contributed by atoms with Gasteiger partial charge in [-0.2, -0.15) is 16.7 Å². The van der Waals surface area contributed by atoms with Crippen molar-refractivity contribution in [1.29, 1.82) is 0 Å². The van der Waals surface area contributed by atoms with Crippen LogP contribution in [0.2, 0.25) is 0 Å². The van der Waals surface area contributed by atoms with Crippen molar-refractivity contribution < 1.29 is 5.11 Å². The van der Waals surface area contributed by atoms with Gasteiger partial charge in [0.1, 0.15) is 5.82 Å². The van der Waals surface area contributed by atoms with Crippen LogP contribution in [-0.2, 0) is 0 Å². The highest BCUT2D eigenvalue weighted by molar-refractivity contribution is 7.98. The standard InChI is InChI=1S/C11H20N4OS/c1-4-12-10-13-6-5-9(15-10)14-7-11(2,16)8-17-3/h5-6,16H,4,7-8H2,1-3H3,(H2,12,13,14,15). The monoisotopic (exact) mass is 256 g/mol. The van der Waals surface area contributed by atoms with Crippen LogP contribution in [0.5, 0.6) is 0 Å². The van der Waals surface area contributed by atoms with Crippen LogP contribution in [0.3, 0.4) is 0 Å². The Bertz CT molecular complexity index is 346. The van der Waals surface area contributed by atoms with Crippen LogP contribution in [0.25, 0.3) is 0 Å². The average Bonchev–Trinajstić information content (AvgIpc) is 2.28. The van der Waals surface area contributed by atoms with Crippen LogP contribution in [0, 0.1) is 0 Å². The molecule has 0 radical (unpaired) electrons. The van der Waals surface area contributed by atoms with E-state index in [1.54, 1.807) is 24.0 Å². The van der Waals surface area contributed by atoms with Gasteiger partial charge in [0.15, 0.2) is 0 Å². The lowest BCUT2D eigenvalue weighted by Crippen LogP contribution is -2.36. The lowest BCUT2D eigenvalue weighted by Gasteiger charge is -2.22. The van der Waals surface area contributed by atoms with Crippen molar-refractivity contribution in [3.05, 3.63) is 12.3 Å². The first-order chi connectivity index (χ1) is 8.07. The van der Waals surface area contributed by atoms with Gasteiger partial charge in [-0.3, -0.25) is 0 Å². The summed E-state index contributed by atoms with van der Waals surface area (Å²) in [6, 6.07) is 1.79. The normalized spacial score (nSPS) is 14.1. The van der Waals surface area contributed by atoms with E-state index in [2.05, 4.69) is 20.6 Å². The quantitative estimate of drug-likeness (QED) is 0.685. The molecule has 0 aliphatic rings. The lowest BCUT2D eigenvalue weighted by molar-refractivity contribution is 0.0996. The third kappa shape index (κ3) is 5.23. The van der Waals surface area contributed by atoms with Crippen molar-refractivity contribution in [2.75, 3.05) is 35.7 Å². The van der Waals surface area contributed by atoms with E-state index in [-0.39, 0.29) is 0 Å². The van der Waals surface area contributed by atoms with Crippen molar-refractivity contribution in [3.8, 4) is 0 Å². The number of thioether (sulfide) groups is 1. The van der Waals surface area contributed by atoms with Gasteiger partial charge >= 0.3 is 0 Å². The summed E-state index contributed by atoms with van der Waals surface area (Å²) in [5, 5.41) is 16.2. The number of nitrogens with zero attached hydrogens (tertiary/aromatic N) is 2. The van der Waals surface area contributed by atoms with Crippen LogP contribution in [0.15, 0.2) is 12.3 Å². The molecule has 0 saturated carbocycles. The first-order valence-electron chi connectivity index (χ1n) is 5.59. The minimum absolute atomic E-state index is 0.469. The third-order valence-electron chi connectivity index (χ3n) is 2.10. The molecule has 0 amide bonds. The average molecular weight is 256 g/mol. The molecule has 1 heterocycles. The summed E-state index contributed by atoms with van der Waals surface area (Å²) in [5.74, 6) is 2.00. The summed E-state index contributed by atoms with van der Waals surface area (Å²) in [5.41, 5.74) is -0.733. The van der Waals surface area contributed by atoms with Crippen molar-refractivity contribution in [3.63, 3.8) is 0 Å². The maximum absolute atomic E-state index is 10.0. The maximum atomic E-state index is 10.0. The van der Waals surface area contributed by atoms with Gasteiger partial charge in [-0.25, -0.2) is 4.98 Å². The highest BCUT2D eigenvalue weighted by Gasteiger charge is 2.19. The Morgan fingerprint density at radius 1 is 1.47 bits per heavy atom. The highest BCUT2D eigenvalue weighted by atomic mass is 32.2. The van der Waals surface area contributed by atoms with E-state index in [9.17, 15) is 5.11 Å². The zero-order valence-corrected chi connectivity index (χ0v) is 11.3. The molecular weight excluding hydrogens is 236 g/mol. The minimum Gasteiger partial charge on any atom is -0.387 e. The number of nitrogens with one attached hydrogen (secondary N) is 2. The number of hydrogen-bond acceptors (Lipinski definition) is 6. The third-order valence-corrected chi connectivity index (χ3v) is 3.01. The fourth-order valence-electron chi connectivity index (χ4n) is 1.34. The Labute approximate surface area is 106 Å². The van der Waals surface area contributed by atoms with E-state index in [4.69, 9.17) is 0 Å². The second kappa shape index (κ2) is 6.66. The summed E-state index contributed by atoms with van der Waals surface area (Å²) in [6.45, 7) is 5.06. The Morgan fingerprint density at radius 3 is 2.88 bits per heavy atom. The molecule has 1 atom stereocenters. The Morgan fingerprint density at radius 2 is 2.24 bits per heavy atom. The van der Waals surface area contributed by atoms with Gasteiger partial charge in [-0.05, 0) is 26.2 Å². The van der Waals surface area contributed by atoms with Gasteiger partial charge in [-0.1, -0.05) is 0 Å². The Balaban J connectivity index is 2.53. The van der Waals surface area contributed by atoms with Gasteiger partial charge in [0, 0.05) is 25.0 Å². The summed E-state index contributed by atoms with van der Waals surface area (Å²) < 4.78 is 0. The second-order valence-corrected chi connectivity index (χ2v) is 4.95. The van der Waals surface area contributed by atoms with E-state index < -0.39 is 5.60 Å². The summed E-state index contributed by atoms with van der Waals surface area (Å²) in [7, 11) is 0. The molecule has 5 nitrogen and oxygen atoms in total. The van der Waals surface area contributed by atoms with Gasteiger partial charge < -0.3 is 15.7 Å². The molecule has 3 N–H and O–H groups in total. The first-order valence-corrected chi connectivity index (χ1v) is 6.99. The largest absolute Gasteiger partial charge is 0.387 e. The molecule has 0 spiro atoms.